The van der Waals surface area contributed by atoms with Crippen molar-refractivity contribution in [2.45, 2.75) is 25.5 Å². The number of ether oxygens (including phenoxy) is 2. The van der Waals surface area contributed by atoms with Crippen LogP contribution in [0, 0.1) is 0 Å². The van der Waals surface area contributed by atoms with Gasteiger partial charge >= 0.3 is 5.97 Å². The van der Waals surface area contributed by atoms with Crippen LogP contribution in [0.25, 0.3) is 10.9 Å². The van der Waals surface area contributed by atoms with E-state index in [0.29, 0.717) is 17.3 Å². The molecule has 154 valence electrons. The number of hydrogen-bond acceptors (Lipinski definition) is 5. The van der Waals surface area contributed by atoms with E-state index in [1.54, 1.807) is 12.1 Å². The third-order valence-corrected chi connectivity index (χ3v) is 4.99. The van der Waals surface area contributed by atoms with Crippen LogP contribution in [0.15, 0.2) is 48.7 Å². The highest BCUT2D eigenvalue weighted by Gasteiger charge is 2.14. The van der Waals surface area contributed by atoms with E-state index in [9.17, 15) is 9.90 Å². The monoisotopic (exact) mass is 416 g/mol. The molecule has 0 amide bonds. The molecule has 7 heteroatoms. The minimum absolute atomic E-state index is 0.136. The highest BCUT2D eigenvalue weighted by Crippen LogP contribution is 2.28. The molecule has 29 heavy (non-hydrogen) atoms. The number of H-pyrrole nitrogens is 1. The topological polar surface area (TPSA) is 83.6 Å². The van der Waals surface area contributed by atoms with Gasteiger partial charge in [0.05, 0.1) is 18.7 Å². The molecule has 1 aromatic heterocycles. The normalized spacial score (nSPS) is 13.2. The summed E-state index contributed by atoms with van der Waals surface area (Å²) in [7, 11) is 1.33. The molecule has 0 aliphatic carbocycles. The van der Waals surface area contributed by atoms with Crippen LogP contribution in [0.4, 0.5) is 0 Å². The van der Waals surface area contributed by atoms with Crippen molar-refractivity contribution >= 4 is 28.5 Å². The number of carbonyl (C=O) groups excluding carboxylic acids is 1. The number of nitrogens with one attached hydrogen (secondary N) is 2. The number of para-hydroxylation sites is 1. The molecular formula is C22H25ClN2O4. The fourth-order valence-corrected chi connectivity index (χ4v) is 3.41. The lowest BCUT2D eigenvalue weighted by Crippen LogP contribution is -2.32. The molecule has 0 bridgehead atoms. The van der Waals surface area contributed by atoms with Gasteiger partial charge in [-0.05, 0) is 42.7 Å². The van der Waals surface area contributed by atoms with Gasteiger partial charge in [-0.1, -0.05) is 35.9 Å². The summed E-state index contributed by atoms with van der Waals surface area (Å²) in [4.78, 5) is 14.6. The van der Waals surface area contributed by atoms with Gasteiger partial charge in [0, 0.05) is 29.2 Å². The van der Waals surface area contributed by atoms with E-state index in [0.717, 1.165) is 28.5 Å². The van der Waals surface area contributed by atoms with E-state index in [4.69, 9.17) is 16.3 Å². The van der Waals surface area contributed by atoms with Crippen molar-refractivity contribution in [3.63, 3.8) is 0 Å². The Bertz CT molecular complexity index is 972. The summed E-state index contributed by atoms with van der Waals surface area (Å²) in [5.74, 6) is 0.181. The summed E-state index contributed by atoms with van der Waals surface area (Å²) < 4.78 is 10.2. The molecule has 0 aliphatic rings. The summed E-state index contributed by atoms with van der Waals surface area (Å²) in [6.45, 7) is 2.36. The van der Waals surface area contributed by atoms with Crippen LogP contribution in [0.5, 0.6) is 5.75 Å². The average Bonchev–Trinajstić information content (AvgIpc) is 3.13. The Morgan fingerprint density at radius 2 is 2.07 bits per heavy atom. The van der Waals surface area contributed by atoms with Gasteiger partial charge < -0.3 is 24.9 Å². The molecule has 0 aliphatic heterocycles. The zero-order valence-electron chi connectivity index (χ0n) is 16.4. The predicted molar refractivity (Wildman–Crippen MR) is 113 cm³/mol. The van der Waals surface area contributed by atoms with Crippen LogP contribution < -0.4 is 10.1 Å². The Morgan fingerprint density at radius 1 is 1.28 bits per heavy atom. The lowest BCUT2D eigenvalue weighted by molar-refractivity contribution is -0.142. The van der Waals surface area contributed by atoms with Crippen molar-refractivity contribution < 1.29 is 19.4 Å². The number of carbonyl (C=O) groups is 1. The van der Waals surface area contributed by atoms with E-state index >= 15 is 0 Å². The molecule has 2 unspecified atom stereocenters. The number of fused-ring (bicyclic) bond motifs is 1. The van der Waals surface area contributed by atoms with Crippen molar-refractivity contribution in [1.29, 1.82) is 0 Å². The molecule has 6 nitrogen and oxygen atoms in total. The van der Waals surface area contributed by atoms with Crippen molar-refractivity contribution in [1.82, 2.24) is 10.3 Å². The molecule has 1 heterocycles. The van der Waals surface area contributed by atoms with Gasteiger partial charge in [-0.2, -0.15) is 0 Å². The Labute approximate surface area is 174 Å². The molecule has 0 saturated heterocycles. The molecule has 2 aromatic carbocycles. The maximum absolute atomic E-state index is 11.3. The Morgan fingerprint density at radius 3 is 2.83 bits per heavy atom. The van der Waals surface area contributed by atoms with E-state index in [-0.39, 0.29) is 12.6 Å². The Balaban J connectivity index is 1.61. The first kappa shape index (κ1) is 21.2. The van der Waals surface area contributed by atoms with E-state index < -0.39 is 12.1 Å². The number of benzene rings is 2. The van der Waals surface area contributed by atoms with Crippen molar-refractivity contribution in [3.05, 3.63) is 64.8 Å². The second-order valence-corrected chi connectivity index (χ2v) is 7.38. The molecule has 0 fully saturated rings. The standard InChI is InChI=1S/C22H25ClN2O4/c1-14(24-12-19(26)15-5-3-6-17(23)10-15)9-16-11-25-22-18(16)7-4-8-20(22)29-13-21(27)28-2/h3-8,10-11,14,19,24-26H,9,12-13H2,1-2H3. The highest BCUT2D eigenvalue weighted by atomic mass is 35.5. The summed E-state index contributed by atoms with van der Waals surface area (Å²) in [6, 6.07) is 13.1. The predicted octanol–water partition coefficient (Wildman–Crippen LogP) is 3.63. The number of methoxy groups -OCH3 is 1. The quantitative estimate of drug-likeness (QED) is 0.464. The van der Waals surface area contributed by atoms with Crippen molar-refractivity contribution in [3.8, 4) is 5.75 Å². The van der Waals surface area contributed by atoms with Crippen molar-refractivity contribution in [2.24, 2.45) is 0 Å². The minimum atomic E-state index is -0.627. The van der Waals surface area contributed by atoms with Gasteiger partial charge in [-0.25, -0.2) is 4.79 Å². The molecule has 3 aromatic rings. The zero-order chi connectivity index (χ0) is 20.8. The molecule has 3 rings (SSSR count). The molecule has 0 saturated carbocycles. The van der Waals surface area contributed by atoms with Crippen LogP contribution in [0.2, 0.25) is 5.02 Å². The maximum Gasteiger partial charge on any atom is 0.343 e. The number of aliphatic hydroxyl groups is 1. The minimum Gasteiger partial charge on any atom is -0.480 e. The molecule has 2 atom stereocenters. The zero-order valence-corrected chi connectivity index (χ0v) is 17.2. The Kier molecular flexibility index (Phi) is 7.14. The number of aromatic nitrogens is 1. The summed E-state index contributed by atoms with van der Waals surface area (Å²) in [5, 5.41) is 15.4. The van der Waals surface area contributed by atoms with Crippen LogP contribution in [0.1, 0.15) is 24.2 Å². The van der Waals surface area contributed by atoms with Gasteiger partial charge in [0.25, 0.3) is 0 Å². The van der Waals surface area contributed by atoms with E-state index in [1.165, 1.54) is 7.11 Å². The largest absolute Gasteiger partial charge is 0.480 e. The van der Waals surface area contributed by atoms with Gasteiger partial charge in [0.15, 0.2) is 6.61 Å². The summed E-state index contributed by atoms with van der Waals surface area (Å²) in [6.07, 6.45) is 2.08. The number of aliphatic hydroxyl groups excluding tert-OH is 1. The SMILES string of the molecule is COC(=O)COc1cccc2c(CC(C)NCC(O)c3cccc(Cl)c3)c[nH]c12. The van der Waals surface area contributed by atoms with Crippen LogP contribution in [-0.2, 0) is 16.0 Å². The second kappa shape index (κ2) is 9.78. The number of hydrogen-bond donors (Lipinski definition) is 3. The molecule has 3 N–H and O–H groups in total. The lowest BCUT2D eigenvalue weighted by Gasteiger charge is -2.17. The number of halogens is 1. The lowest BCUT2D eigenvalue weighted by atomic mass is 10.0. The smallest absolute Gasteiger partial charge is 0.343 e. The van der Waals surface area contributed by atoms with Crippen molar-refractivity contribution in [2.75, 3.05) is 20.3 Å². The summed E-state index contributed by atoms with van der Waals surface area (Å²) >= 11 is 5.99. The van der Waals surface area contributed by atoms with Gasteiger partial charge in [-0.15, -0.1) is 0 Å². The van der Waals surface area contributed by atoms with Gasteiger partial charge in [0.1, 0.15) is 5.75 Å². The Hall–Kier alpha value is -2.54. The second-order valence-electron chi connectivity index (χ2n) is 6.94. The van der Waals surface area contributed by atoms with Gasteiger partial charge in [-0.3, -0.25) is 0 Å². The van der Waals surface area contributed by atoms with Gasteiger partial charge in [0.2, 0.25) is 0 Å². The number of aromatic amines is 1. The fourth-order valence-electron chi connectivity index (χ4n) is 3.22. The first-order valence-corrected chi connectivity index (χ1v) is 9.81. The average molecular weight is 417 g/mol. The van der Waals surface area contributed by atoms with Crippen LogP contribution >= 0.6 is 11.6 Å². The van der Waals surface area contributed by atoms with Crippen LogP contribution in [0.3, 0.4) is 0 Å². The first-order valence-electron chi connectivity index (χ1n) is 9.43. The molecule has 0 spiro atoms. The third kappa shape index (κ3) is 5.50. The summed E-state index contributed by atoms with van der Waals surface area (Å²) in [5.41, 5.74) is 2.76. The third-order valence-electron chi connectivity index (χ3n) is 4.76. The number of rotatable bonds is 9. The number of esters is 1. The highest BCUT2D eigenvalue weighted by molar-refractivity contribution is 6.30. The maximum atomic E-state index is 11.3. The molecule has 0 radical (unpaired) electrons. The molecular weight excluding hydrogens is 392 g/mol. The van der Waals surface area contributed by atoms with E-state index in [1.807, 2.05) is 36.5 Å². The first-order chi connectivity index (χ1) is 14.0. The van der Waals surface area contributed by atoms with Crippen LogP contribution in [-0.4, -0.2) is 42.4 Å². The van der Waals surface area contributed by atoms with E-state index in [2.05, 4.69) is 22.0 Å². The fraction of sp³-hybridized carbons (Fsp3) is 0.318.